The van der Waals surface area contributed by atoms with Gasteiger partial charge in [0.1, 0.15) is 12.0 Å². The van der Waals surface area contributed by atoms with Crippen LogP contribution in [0.25, 0.3) is 10.4 Å². The monoisotopic (exact) mass is 234 g/mol. The minimum absolute atomic E-state index is 0.0247. The first kappa shape index (κ1) is 12.3. The van der Waals surface area contributed by atoms with Crippen LogP contribution < -0.4 is 5.73 Å². The van der Waals surface area contributed by atoms with Crippen molar-refractivity contribution in [2.45, 2.75) is 12.3 Å². The van der Waals surface area contributed by atoms with Crippen LogP contribution >= 0.6 is 0 Å². The van der Waals surface area contributed by atoms with Crippen LogP contribution in [0.1, 0.15) is 17.3 Å². The molecule has 0 aliphatic heterocycles. The number of hydrogen-bond donors (Lipinski definition) is 1. The summed E-state index contributed by atoms with van der Waals surface area (Å²) in [4.78, 5) is 2.37. The van der Waals surface area contributed by atoms with E-state index in [0.717, 1.165) is 6.07 Å². The smallest absolute Gasteiger partial charge is 0.319 e. The summed E-state index contributed by atoms with van der Waals surface area (Å²) >= 11 is 0. The lowest BCUT2D eigenvalue weighted by Crippen LogP contribution is -2.11. The van der Waals surface area contributed by atoms with Crippen LogP contribution in [0.2, 0.25) is 0 Å². The molecule has 2 N–H and O–H groups in total. The lowest BCUT2D eigenvalue weighted by Gasteiger charge is -2.10. The number of nitrogens with zero attached hydrogens (tertiary/aromatic N) is 3. The van der Waals surface area contributed by atoms with E-state index >= 15 is 0 Å². The molecule has 16 heavy (non-hydrogen) atoms. The van der Waals surface area contributed by atoms with E-state index in [4.69, 9.17) is 11.3 Å². The predicted molar refractivity (Wildman–Crippen MR) is 47.5 cm³/mol. The number of benzene rings is 1. The summed E-state index contributed by atoms with van der Waals surface area (Å²) < 4.78 is 49.6. The van der Waals surface area contributed by atoms with Crippen molar-refractivity contribution >= 4 is 0 Å². The molecule has 1 atom stereocenters. The van der Waals surface area contributed by atoms with Crippen LogP contribution in [0.5, 0.6) is 0 Å². The highest BCUT2D eigenvalue weighted by Crippen LogP contribution is 2.32. The Morgan fingerprint density at radius 1 is 1.38 bits per heavy atom. The lowest BCUT2D eigenvalue weighted by molar-refractivity contribution is -0.140. The minimum Gasteiger partial charge on any atom is -0.319 e. The third kappa shape index (κ3) is 2.62. The van der Waals surface area contributed by atoms with Crippen molar-refractivity contribution in [3.63, 3.8) is 0 Å². The predicted octanol–water partition coefficient (Wildman–Crippen LogP) is 3.11. The minimum atomic E-state index is -4.76. The van der Waals surface area contributed by atoms with Gasteiger partial charge in [0.15, 0.2) is 0 Å². The Hall–Kier alpha value is -1.79. The zero-order valence-electron chi connectivity index (χ0n) is 7.74. The maximum absolute atomic E-state index is 13.0. The van der Waals surface area contributed by atoms with Crippen LogP contribution in [-0.4, -0.2) is 0 Å². The Kier molecular flexibility index (Phi) is 3.36. The summed E-state index contributed by atoms with van der Waals surface area (Å²) in [6.07, 6.45) is -5.97. The molecular formula is C8H6F4N4. The van der Waals surface area contributed by atoms with Crippen molar-refractivity contribution in [2.24, 2.45) is 10.8 Å². The van der Waals surface area contributed by atoms with Gasteiger partial charge in [0, 0.05) is 4.91 Å². The Balaban J connectivity index is 3.14. The van der Waals surface area contributed by atoms with E-state index in [1.807, 2.05) is 0 Å². The first-order valence-corrected chi connectivity index (χ1v) is 4.02. The van der Waals surface area contributed by atoms with E-state index in [1.165, 1.54) is 0 Å². The highest BCUT2D eigenvalue weighted by Gasteiger charge is 2.34. The van der Waals surface area contributed by atoms with E-state index in [0.29, 0.717) is 12.1 Å². The number of halogens is 4. The fourth-order valence-corrected chi connectivity index (χ4v) is 1.07. The maximum Gasteiger partial charge on any atom is 0.419 e. The van der Waals surface area contributed by atoms with Crippen molar-refractivity contribution < 1.29 is 17.6 Å². The molecule has 0 heterocycles. The average Bonchev–Trinajstić information content (AvgIpc) is 2.16. The highest BCUT2D eigenvalue weighted by atomic mass is 19.4. The second-order valence-electron chi connectivity index (χ2n) is 2.89. The lowest BCUT2D eigenvalue weighted by atomic mass is 10.1. The molecule has 1 unspecified atom stereocenters. The van der Waals surface area contributed by atoms with Gasteiger partial charge < -0.3 is 5.73 Å². The van der Waals surface area contributed by atoms with Gasteiger partial charge in [0.25, 0.3) is 0 Å². The van der Waals surface area contributed by atoms with Crippen molar-refractivity contribution in [2.75, 3.05) is 0 Å². The molecule has 0 amide bonds. The molecule has 0 bridgehead atoms. The maximum atomic E-state index is 13.0. The number of azide groups is 1. The van der Waals surface area contributed by atoms with E-state index in [2.05, 4.69) is 10.0 Å². The molecule has 0 aliphatic rings. The summed E-state index contributed by atoms with van der Waals surface area (Å²) in [5.74, 6) is -1.45. The molecule has 8 heteroatoms. The van der Waals surface area contributed by atoms with Gasteiger partial charge in [0.2, 0.25) is 0 Å². The van der Waals surface area contributed by atoms with Gasteiger partial charge >= 0.3 is 6.18 Å². The molecule has 0 saturated heterocycles. The molecule has 1 aromatic carbocycles. The molecule has 0 spiro atoms. The van der Waals surface area contributed by atoms with Gasteiger partial charge in [-0.2, -0.15) is 13.2 Å². The van der Waals surface area contributed by atoms with Gasteiger partial charge in [-0.05, 0) is 23.2 Å². The first-order valence-electron chi connectivity index (χ1n) is 4.02. The van der Waals surface area contributed by atoms with Crippen molar-refractivity contribution in [1.82, 2.24) is 0 Å². The van der Waals surface area contributed by atoms with Gasteiger partial charge in [-0.25, -0.2) is 4.39 Å². The van der Waals surface area contributed by atoms with E-state index in [1.54, 1.807) is 0 Å². The SMILES string of the molecule is [N-]=[N+]=NC(N)c1ccc(C(F)(F)F)c(F)c1. The zero-order chi connectivity index (χ0) is 12.3. The van der Waals surface area contributed by atoms with E-state index in [9.17, 15) is 17.6 Å². The quantitative estimate of drug-likeness (QED) is 0.363. The third-order valence-corrected chi connectivity index (χ3v) is 1.82. The molecule has 1 rings (SSSR count). The topological polar surface area (TPSA) is 74.8 Å². The number of nitrogens with two attached hydrogens (primary N) is 1. The number of hydrogen-bond acceptors (Lipinski definition) is 2. The van der Waals surface area contributed by atoms with Crippen molar-refractivity contribution in [3.05, 3.63) is 45.6 Å². The van der Waals surface area contributed by atoms with Crippen molar-refractivity contribution in [1.29, 1.82) is 0 Å². The van der Waals surface area contributed by atoms with E-state index < -0.39 is 23.7 Å². The average molecular weight is 234 g/mol. The van der Waals surface area contributed by atoms with Crippen LogP contribution in [0.15, 0.2) is 23.3 Å². The molecule has 0 fully saturated rings. The second-order valence-corrected chi connectivity index (χ2v) is 2.89. The molecule has 86 valence electrons. The Labute approximate surface area is 87.3 Å². The molecule has 1 aromatic rings. The Morgan fingerprint density at radius 3 is 2.44 bits per heavy atom. The Morgan fingerprint density at radius 2 is 2.00 bits per heavy atom. The standard InChI is InChI=1S/C8H6F4N4/c9-6-3-4(7(13)15-16-14)1-2-5(6)8(10,11)12/h1-3,7H,13H2. The van der Waals surface area contributed by atoms with Gasteiger partial charge in [-0.3, -0.25) is 0 Å². The molecule has 0 aromatic heterocycles. The fourth-order valence-electron chi connectivity index (χ4n) is 1.07. The summed E-state index contributed by atoms with van der Waals surface area (Å²) in [6, 6.07) is 2.12. The zero-order valence-corrected chi connectivity index (χ0v) is 7.74. The van der Waals surface area contributed by atoms with Crippen LogP contribution in [0, 0.1) is 5.82 Å². The van der Waals surface area contributed by atoms with Gasteiger partial charge in [0.05, 0.1) is 5.56 Å². The molecule has 0 radical (unpaired) electrons. The highest BCUT2D eigenvalue weighted by molar-refractivity contribution is 5.28. The van der Waals surface area contributed by atoms with Crippen molar-refractivity contribution in [3.8, 4) is 0 Å². The number of alkyl halides is 3. The Bertz CT molecular complexity index is 436. The summed E-state index contributed by atoms with van der Waals surface area (Å²) in [5, 5.41) is 3.04. The largest absolute Gasteiger partial charge is 0.419 e. The van der Waals surface area contributed by atoms with Gasteiger partial charge in [-0.1, -0.05) is 11.2 Å². The fraction of sp³-hybridized carbons (Fsp3) is 0.250. The molecule has 0 saturated carbocycles. The van der Waals surface area contributed by atoms with Crippen LogP contribution in [0.4, 0.5) is 17.6 Å². The molecule has 0 aliphatic carbocycles. The third-order valence-electron chi connectivity index (χ3n) is 1.82. The normalized spacial score (nSPS) is 13.1. The second kappa shape index (κ2) is 4.38. The molecular weight excluding hydrogens is 228 g/mol. The molecule has 4 nitrogen and oxygen atoms in total. The number of rotatable bonds is 2. The summed E-state index contributed by atoms with van der Waals surface area (Å²) in [5.41, 5.74) is 11.9. The van der Waals surface area contributed by atoms with Gasteiger partial charge in [-0.15, -0.1) is 0 Å². The first-order chi connectivity index (χ1) is 7.36. The summed E-state index contributed by atoms with van der Waals surface area (Å²) in [7, 11) is 0. The van der Waals surface area contributed by atoms with E-state index in [-0.39, 0.29) is 5.56 Å². The van der Waals surface area contributed by atoms with Crippen LogP contribution in [0.3, 0.4) is 0 Å². The summed E-state index contributed by atoms with van der Waals surface area (Å²) in [6.45, 7) is 0. The van der Waals surface area contributed by atoms with Crippen LogP contribution in [-0.2, 0) is 6.18 Å².